The number of anilines is 2. The summed E-state index contributed by atoms with van der Waals surface area (Å²) < 4.78 is 0. The van der Waals surface area contributed by atoms with Crippen LogP contribution in [0.3, 0.4) is 0 Å². The highest BCUT2D eigenvalue weighted by atomic mass is 35.5. The summed E-state index contributed by atoms with van der Waals surface area (Å²) in [6, 6.07) is 10.7. The fraction of sp³-hybridized carbons (Fsp3) is 0.300. The quantitative estimate of drug-likeness (QED) is 0.692. The van der Waals surface area contributed by atoms with E-state index < -0.39 is 0 Å². The predicted octanol–water partition coefficient (Wildman–Crippen LogP) is 5.29. The zero-order valence-corrected chi connectivity index (χ0v) is 14.9. The molecule has 4 nitrogen and oxygen atoms in total. The van der Waals surface area contributed by atoms with Gasteiger partial charge in [0.25, 0.3) is 5.91 Å². The van der Waals surface area contributed by atoms with E-state index in [1.54, 1.807) is 42.1 Å². The number of nitrogens with zero attached hydrogens (tertiary/aromatic N) is 1. The topological polar surface area (TPSA) is 54.0 Å². The molecule has 1 aromatic heterocycles. The number of nitrogens with one attached hydrogen (secondary N) is 2. The van der Waals surface area contributed by atoms with Gasteiger partial charge in [-0.3, -0.25) is 4.79 Å². The Morgan fingerprint density at radius 1 is 1.16 bits per heavy atom. The van der Waals surface area contributed by atoms with Crippen molar-refractivity contribution < 1.29 is 4.79 Å². The van der Waals surface area contributed by atoms with E-state index in [1.807, 2.05) is 6.07 Å². The fourth-order valence-electron chi connectivity index (χ4n) is 2.89. The van der Waals surface area contributed by atoms with Crippen LogP contribution in [0.15, 0.2) is 54.2 Å². The maximum absolute atomic E-state index is 12.2. The molecule has 3 rings (SSSR count). The van der Waals surface area contributed by atoms with Crippen LogP contribution in [0.25, 0.3) is 0 Å². The van der Waals surface area contributed by atoms with Crippen LogP contribution in [0, 0.1) is 0 Å². The highest BCUT2D eigenvalue weighted by molar-refractivity contribution is 6.30. The largest absolute Gasteiger partial charge is 0.383 e. The molecular formula is C20H22ClN3O. The summed E-state index contributed by atoms with van der Waals surface area (Å²) in [5, 5.41) is 6.74. The second-order valence-electron chi connectivity index (χ2n) is 6.18. The number of pyridine rings is 1. The van der Waals surface area contributed by atoms with Gasteiger partial charge in [0, 0.05) is 17.3 Å². The molecule has 0 saturated heterocycles. The Kier molecular flexibility index (Phi) is 6.07. The van der Waals surface area contributed by atoms with E-state index in [4.69, 9.17) is 11.6 Å². The Hall–Kier alpha value is -2.33. The molecule has 1 heterocycles. The number of amides is 1. The summed E-state index contributed by atoms with van der Waals surface area (Å²) in [4.78, 5) is 16.5. The first-order valence-electron chi connectivity index (χ1n) is 8.65. The maximum atomic E-state index is 12.2. The van der Waals surface area contributed by atoms with Crippen LogP contribution in [0.4, 0.5) is 11.4 Å². The third kappa shape index (κ3) is 5.33. The van der Waals surface area contributed by atoms with E-state index in [2.05, 4.69) is 21.7 Å². The SMILES string of the molecule is O=C(Nc1cccc(Cl)c1)c1ccc(NCCC2=CCCCC2)cn1. The van der Waals surface area contributed by atoms with Gasteiger partial charge in [-0.25, -0.2) is 4.98 Å². The molecule has 0 spiro atoms. The number of halogens is 1. The number of carbonyl (C=O) groups excluding carboxylic acids is 1. The van der Waals surface area contributed by atoms with E-state index in [1.165, 1.54) is 25.7 Å². The minimum Gasteiger partial charge on any atom is -0.383 e. The lowest BCUT2D eigenvalue weighted by Gasteiger charge is -2.13. The van der Waals surface area contributed by atoms with Gasteiger partial charge in [-0.05, 0) is 62.4 Å². The molecule has 0 aliphatic heterocycles. The molecule has 0 bridgehead atoms. The predicted molar refractivity (Wildman–Crippen MR) is 103 cm³/mol. The molecule has 2 aromatic rings. The molecule has 0 fully saturated rings. The van der Waals surface area contributed by atoms with Gasteiger partial charge in [0.2, 0.25) is 0 Å². The second-order valence-corrected chi connectivity index (χ2v) is 6.62. The number of benzene rings is 1. The summed E-state index contributed by atoms with van der Waals surface area (Å²) in [5.41, 5.74) is 3.50. The van der Waals surface area contributed by atoms with Crippen molar-refractivity contribution in [3.8, 4) is 0 Å². The Bertz CT molecular complexity index is 756. The Labute approximate surface area is 153 Å². The second kappa shape index (κ2) is 8.67. The smallest absolute Gasteiger partial charge is 0.274 e. The number of allylic oxidation sites excluding steroid dienone is 1. The summed E-state index contributed by atoms with van der Waals surface area (Å²) in [5.74, 6) is -0.249. The molecule has 5 heteroatoms. The Morgan fingerprint density at radius 3 is 2.80 bits per heavy atom. The lowest BCUT2D eigenvalue weighted by Crippen LogP contribution is -2.14. The van der Waals surface area contributed by atoms with Gasteiger partial charge in [-0.2, -0.15) is 0 Å². The monoisotopic (exact) mass is 355 g/mol. The lowest BCUT2D eigenvalue weighted by molar-refractivity contribution is 0.102. The van der Waals surface area contributed by atoms with Crippen molar-refractivity contribution in [2.75, 3.05) is 17.2 Å². The molecule has 1 amide bonds. The standard InChI is InChI=1S/C20H22ClN3O/c21-16-7-4-8-17(13-16)24-20(25)19-10-9-18(14-23-19)22-12-11-15-5-2-1-3-6-15/h4-5,7-10,13-14,22H,1-3,6,11-12H2,(H,24,25). The van der Waals surface area contributed by atoms with Crippen molar-refractivity contribution in [2.24, 2.45) is 0 Å². The van der Waals surface area contributed by atoms with E-state index in [0.717, 1.165) is 18.7 Å². The van der Waals surface area contributed by atoms with E-state index in [9.17, 15) is 4.79 Å². The molecule has 1 aliphatic carbocycles. The van der Waals surface area contributed by atoms with Crippen LogP contribution in [-0.2, 0) is 0 Å². The molecule has 130 valence electrons. The Morgan fingerprint density at radius 2 is 2.08 bits per heavy atom. The van der Waals surface area contributed by atoms with Crippen LogP contribution in [0.5, 0.6) is 0 Å². The van der Waals surface area contributed by atoms with E-state index in [-0.39, 0.29) is 5.91 Å². The van der Waals surface area contributed by atoms with Crippen LogP contribution in [-0.4, -0.2) is 17.4 Å². The zero-order valence-electron chi connectivity index (χ0n) is 14.1. The number of carbonyl (C=O) groups is 1. The minimum absolute atomic E-state index is 0.249. The van der Waals surface area contributed by atoms with Gasteiger partial charge in [-0.1, -0.05) is 29.3 Å². The van der Waals surface area contributed by atoms with Crippen LogP contribution in [0.1, 0.15) is 42.6 Å². The third-order valence-electron chi connectivity index (χ3n) is 4.24. The van der Waals surface area contributed by atoms with Gasteiger partial charge >= 0.3 is 0 Å². The van der Waals surface area contributed by atoms with Crippen molar-refractivity contribution in [2.45, 2.75) is 32.1 Å². The van der Waals surface area contributed by atoms with E-state index in [0.29, 0.717) is 16.4 Å². The Balaban J connectivity index is 1.51. The highest BCUT2D eigenvalue weighted by Gasteiger charge is 2.08. The van der Waals surface area contributed by atoms with Gasteiger partial charge in [0.1, 0.15) is 5.69 Å². The first-order chi connectivity index (χ1) is 12.2. The number of hydrogen-bond acceptors (Lipinski definition) is 3. The third-order valence-corrected chi connectivity index (χ3v) is 4.47. The number of rotatable bonds is 6. The van der Waals surface area contributed by atoms with E-state index >= 15 is 0 Å². The molecule has 1 aliphatic rings. The molecule has 1 aromatic carbocycles. The zero-order chi connectivity index (χ0) is 17.5. The number of aromatic nitrogens is 1. The highest BCUT2D eigenvalue weighted by Crippen LogP contribution is 2.20. The van der Waals surface area contributed by atoms with Crippen LogP contribution >= 0.6 is 11.6 Å². The van der Waals surface area contributed by atoms with Crippen molar-refractivity contribution in [3.05, 3.63) is 65.0 Å². The molecule has 0 radical (unpaired) electrons. The van der Waals surface area contributed by atoms with Crippen molar-refractivity contribution in [3.63, 3.8) is 0 Å². The molecule has 0 atom stereocenters. The maximum Gasteiger partial charge on any atom is 0.274 e. The number of hydrogen-bond donors (Lipinski definition) is 2. The van der Waals surface area contributed by atoms with Gasteiger partial charge in [0.05, 0.1) is 11.9 Å². The summed E-state index contributed by atoms with van der Waals surface area (Å²) >= 11 is 5.92. The van der Waals surface area contributed by atoms with Crippen LogP contribution < -0.4 is 10.6 Å². The first kappa shape index (κ1) is 17.5. The van der Waals surface area contributed by atoms with Crippen molar-refractivity contribution in [1.82, 2.24) is 4.98 Å². The fourth-order valence-corrected chi connectivity index (χ4v) is 3.08. The summed E-state index contributed by atoms with van der Waals surface area (Å²) in [6.07, 6.45) is 10.2. The van der Waals surface area contributed by atoms with Crippen LogP contribution in [0.2, 0.25) is 5.02 Å². The summed E-state index contributed by atoms with van der Waals surface area (Å²) in [6.45, 7) is 0.890. The molecule has 2 N–H and O–H groups in total. The molecule has 0 unspecified atom stereocenters. The van der Waals surface area contributed by atoms with Gasteiger partial charge in [-0.15, -0.1) is 0 Å². The van der Waals surface area contributed by atoms with Crippen molar-refractivity contribution >= 4 is 28.9 Å². The van der Waals surface area contributed by atoms with Crippen molar-refractivity contribution in [1.29, 1.82) is 0 Å². The lowest BCUT2D eigenvalue weighted by atomic mass is 9.97. The summed E-state index contributed by atoms with van der Waals surface area (Å²) in [7, 11) is 0. The average Bonchev–Trinajstić information content (AvgIpc) is 2.63. The molecule has 25 heavy (non-hydrogen) atoms. The normalized spacial score (nSPS) is 13.9. The van der Waals surface area contributed by atoms with Gasteiger partial charge < -0.3 is 10.6 Å². The molecule has 0 saturated carbocycles. The minimum atomic E-state index is -0.249. The van der Waals surface area contributed by atoms with Gasteiger partial charge in [0.15, 0.2) is 0 Å². The first-order valence-corrected chi connectivity index (χ1v) is 9.03. The molecular weight excluding hydrogens is 334 g/mol. The average molecular weight is 356 g/mol.